The third-order valence-corrected chi connectivity index (χ3v) is 19.4. The standard InChI is InChI=1S/C30H56N2O70S16.16Na/c33-27(23(99-115(71,72)73)19(95-111(59,60)61)15(13(91-107(47,48)49)9-85-105(41,42)43)89-29-25(101-117(77,78)79)21(97-113(65,66)67)17(93-109(53,54)55)11(87-29)7-83-103(35,36)37)31-5-3-1-2-4-6-32-28(34)24(100-116(74,75)76)20(96-112(62,63)64)16(14(92-108(50,51)52)10-86-106(44,45)46)90-30-26(102-118(80,81)82)22(98-114(68,69)70)18(94-110(56,57)58)12(88-30)8-84-104(38,39)40;;;;;;;;;;;;;;;;/h11-26,29-30H,1-10H2,(H,31,33)(H,32,34)(H,35,36,37)(H,38,39,40)(H,41,42,43)(H,44,45,46)(H,47,48,49)(H,50,51,52)(H,53,54,55)(H,56,57,58)(H,59,60,61)(H,62,63,64)(H,65,66,67)(H,68,69,70)(H,71,72,73)(H,74,75,76)(H,77,78,79)(H,80,81,82);;;;;;;;;;;;;;;;/q;16*+1/p-16/t11-,12+,13-,14+,15-,16+,17+,18-,19+,20-,21+,22-,23-,24+,25-,26+,29+,30-;;;;;;;;;;;;;;;;. The Hall–Kier alpha value is 12.7. The zero-order valence-corrected chi connectivity index (χ0v) is 116. The Kier molecular flexibility index (Phi) is 101. The molecule has 104 heteroatoms. The molecule has 0 aromatic carbocycles. The minimum atomic E-state index is -7.16. The van der Waals surface area contributed by atoms with E-state index < -0.39 is 354 Å². The minimum absolute atomic E-state index is 0. The fourth-order valence-electron chi connectivity index (χ4n) is 8.84. The van der Waals surface area contributed by atoms with E-state index in [2.05, 4.69) is 66.9 Å². The topological polar surface area (TPSA) is 1160 Å². The first-order chi connectivity index (χ1) is 52.3. The second-order valence-corrected chi connectivity index (χ2v) is 37.1. The molecule has 0 spiro atoms. The van der Waals surface area contributed by atoms with Gasteiger partial charge in [0.05, 0.1) is 26.4 Å². The molecule has 2 aliphatic heterocycles. The van der Waals surface area contributed by atoms with Crippen molar-refractivity contribution in [1.29, 1.82) is 0 Å². The largest absolute Gasteiger partial charge is 1.00 e. The molecule has 2 N–H and O–H groups in total. The van der Waals surface area contributed by atoms with Gasteiger partial charge in [0.25, 0.3) is 11.8 Å². The van der Waals surface area contributed by atoms with Crippen LogP contribution in [0.15, 0.2) is 0 Å². The SMILES string of the molecule is O=C(NCCCCCCNC(=O)[C@H](OS(=O)(=O)[O-])[C@@H](OS(=O)(=O)[O-])[C@H](O[C@@H]1O[C@H](COS(=O)(=O)[O-])[C@H](OS(=O)(=O)[O-])[C@H](OS(=O)(=O)[O-])[C@H]1OS(=O)(=O)[O-])[C@@H](COS(=O)(=O)[O-])OS(=O)(=O)[O-])[C@@H](OS(=O)(=O)[O-])[C@H](OS(=O)(=O)[O-])[C@@H](O[C@H]1O[C@@H](COS(=O)(=O)[O-])[C@@H](OS(=O)(=O)[O-])[C@@H](OS(=O)(=O)[O-])[C@@H]1OS(=O)(=O)[O-])[C@H](COS(=O)(=O)[O-])OS(=O)(=O)[O-].[Na+].[Na+].[Na+].[Na+].[Na+].[Na+].[Na+].[Na+].[Na+].[Na+].[Na+].[Na+].[Na+].[Na+].[Na+].[Na+]. The Labute approximate surface area is 1120 Å². The fraction of sp³-hybridized carbons (Fsp3) is 0.933. The summed E-state index contributed by atoms with van der Waals surface area (Å²) in [5.41, 5.74) is 0. The monoisotopic (exact) mass is 2430 g/mol. The smallest absolute Gasteiger partial charge is 0.726 e. The van der Waals surface area contributed by atoms with Crippen molar-refractivity contribution in [3.8, 4) is 0 Å². The zero-order valence-electron chi connectivity index (χ0n) is 70.6. The summed E-state index contributed by atoms with van der Waals surface area (Å²) in [7, 11) is -109. The maximum Gasteiger partial charge on any atom is 1.00 e. The van der Waals surface area contributed by atoms with E-state index in [1.54, 1.807) is 0 Å². The van der Waals surface area contributed by atoms with Crippen LogP contribution in [0.2, 0.25) is 0 Å². The van der Waals surface area contributed by atoms with Gasteiger partial charge in [-0.2, -0.15) is 0 Å². The molecule has 2 fully saturated rings. The van der Waals surface area contributed by atoms with Crippen LogP contribution in [0.1, 0.15) is 25.7 Å². The van der Waals surface area contributed by atoms with Crippen LogP contribution in [0.3, 0.4) is 0 Å². The molecule has 0 aliphatic carbocycles. The first-order valence-corrected chi connectivity index (χ1v) is 48.9. The Balaban J connectivity index is -0.000000681. The number of rotatable bonds is 55. The summed E-state index contributed by atoms with van der Waals surface area (Å²) < 4.78 is 655. The van der Waals surface area contributed by atoms with E-state index in [4.69, 9.17) is 18.9 Å². The van der Waals surface area contributed by atoms with Crippen LogP contribution in [0, 0.1) is 0 Å². The Morgan fingerprint density at radius 1 is 0.239 bits per heavy atom. The van der Waals surface area contributed by atoms with Crippen molar-refractivity contribution < 1.29 is 776 Å². The zero-order chi connectivity index (χ0) is 92.2. The summed E-state index contributed by atoms with van der Waals surface area (Å²) in [4.78, 5) is 27.9. The van der Waals surface area contributed by atoms with E-state index in [1.807, 2.05) is 0 Å². The first-order valence-electron chi connectivity index (χ1n) is 27.5. The van der Waals surface area contributed by atoms with E-state index >= 15 is 0 Å². The number of carbonyl (C=O) groups is 2. The predicted octanol–water partition coefficient (Wildman–Crippen LogP) is -66.9. The van der Waals surface area contributed by atoms with Crippen LogP contribution < -0.4 is 484 Å². The van der Waals surface area contributed by atoms with Crippen LogP contribution in [0.25, 0.3) is 0 Å². The molecule has 2 saturated heterocycles. The average Bonchev–Trinajstić information content (AvgIpc) is 0.762. The van der Waals surface area contributed by atoms with Crippen LogP contribution in [0.4, 0.5) is 0 Å². The van der Waals surface area contributed by atoms with E-state index in [-0.39, 0.29) is 473 Å². The second-order valence-electron chi connectivity index (χ2n) is 20.7. The van der Waals surface area contributed by atoms with E-state index in [1.165, 1.54) is 10.6 Å². The third kappa shape index (κ3) is 84.8. The van der Waals surface area contributed by atoms with Gasteiger partial charge in [-0.25, -0.2) is 135 Å². The van der Waals surface area contributed by atoms with Gasteiger partial charge >= 0.3 is 473 Å². The number of hydrogen-bond donors (Lipinski definition) is 2. The maximum absolute atomic E-state index is 13.9. The van der Waals surface area contributed by atoms with Crippen molar-refractivity contribution in [2.45, 2.75) is 136 Å². The molecule has 18 atom stereocenters. The number of amides is 2. The molecule has 0 aromatic rings. The third-order valence-electron chi connectivity index (χ3n) is 12.2. The van der Waals surface area contributed by atoms with Gasteiger partial charge in [-0.3, -0.25) is 76.5 Å². The molecule has 0 unspecified atom stereocenters. The van der Waals surface area contributed by atoms with Crippen molar-refractivity contribution in [2.24, 2.45) is 0 Å². The van der Waals surface area contributed by atoms with E-state index in [0.717, 1.165) is 0 Å². The number of unbranched alkanes of at least 4 members (excludes halogenated alkanes) is 3. The molecular formula is C30H40N2Na16O70S16. The fourth-order valence-corrected chi connectivity index (χ4v) is 15.8. The van der Waals surface area contributed by atoms with Crippen LogP contribution in [0.5, 0.6) is 0 Å². The molecule has 72 nitrogen and oxygen atoms in total. The Morgan fingerprint density at radius 3 is 0.634 bits per heavy atom. The van der Waals surface area contributed by atoms with Gasteiger partial charge in [0, 0.05) is 13.1 Å². The van der Waals surface area contributed by atoms with Gasteiger partial charge in [-0.15, -0.1) is 0 Å². The van der Waals surface area contributed by atoms with Gasteiger partial charge in [0.2, 0.25) is 166 Å². The quantitative estimate of drug-likeness (QED) is 0.0247. The number of ether oxygens (including phenoxy) is 4. The van der Waals surface area contributed by atoms with Gasteiger partial charge in [0.15, 0.2) is 37.0 Å². The summed E-state index contributed by atoms with van der Waals surface area (Å²) in [5.74, 6) is -5.33. The predicted molar refractivity (Wildman–Crippen MR) is 309 cm³/mol. The number of carbonyl (C=O) groups excluding carboxylic acids is 2. The molecule has 0 bridgehead atoms. The molecule has 2 aliphatic rings. The molecule has 2 rings (SSSR count). The van der Waals surface area contributed by atoms with E-state index in [9.17, 15) is 217 Å². The van der Waals surface area contributed by atoms with Gasteiger partial charge in [-0.1, -0.05) is 12.8 Å². The van der Waals surface area contributed by atoms with Crippen molar-refractivity contribution in [3.63, 3.8) is 0 Å². The molecule has 0 radical (unpaired) electrons. The van der Waals surface area contributed by atoms with Crippen molar-refractivity contribution in [2.75, 3.05) is 39.5 Å². The number of nitrogens with one attached hydrogen (secondary N) is 2. The summed E-state index contributed by atoms with van der Waals surface area (Å²) in [6.45, 7) is -13.1. The molecule has 134 heavy (non-hydrogen) atoms. The van der Waals surface area contributed by atoms with Gasteiger partial charge in [0.1, 0.15) is 73.2 Å². The normalized spacial score (nSPS) is 21.1. The van der Waals surface area contributed by atoms with Crippen LogP contribution in [-0.2, 0) is 262 Å². The first kappa shape index (κ1) is 180. The van der Waals surface area contributed by atoms with Gasteiger partial charge in [-0.05, 0) is 12.8 Å². The van der Waals surface area contributed by atoms with Gasteiger partial charge < -0.3 is 102 Å². The molecule has 0 saturated carbocycles. The van der Waals surface area contributed by atoms with Crippen molar-refractivity contribution >= 4 is 178 Å². The van der Waals surface area contributed by atoms with Crippen LogP contribution >= 0.6 is 0 Å². The minimum Gasteiger partial charge on any atom is -0.726 e. The summed E-state index contributed by atoms with van der Waals surface area (Å²) >= 11 is 0. The summed E-state index contributed by atoms with van der Waals surface area (Å²) in [6.07, 6.45) is -75.8. The van der Waals surface area contributed by atoms with E-state index in [0.29, 0.717) is 0 Å². The number of hydrogen-bond acceptors (Lipinski definition) is 70. The van der Waals surface area contributed by atoms with Crippen LogP contribution in [-0.4, -0.2) is 369 Å². The van der Waals surface area contributed by atoms with Crippen molar-refractivity contribution in [1.82, 2.24) is 10.6 Å². The average molecular weight is 2430 g/mol. The summed E-state index contributed by atoms with van der Waals surface area (Å²) in [5, 5.41) is 2.85. The Bertz CT molecular complexity index is 5160. The molecular weight excluding hydrogens is 2390 g/mol. The molecule has 2 heterocycles. The maximum atomic E-state index is 13.9. The molecule has 702 valence electrons. The Morgan fingerprint density at radius 2 is 0.440 bits per heavy atom. The molecule has 2 amide bonds. The summed E-state index contributed by atoms with van der Waals surface area (Å²) in [6, 6.07) is 0. The second kappa shape index (κ2) is 75.7. The molecule has 0 aromatic heterocycles. The van der Waals surface area contributed by atoms with Crippen molar-refractivity contribution in [3.05, 3.63) is 0 Å².